The molecule has 0 radical (unpaired) electrons. The Morgan fingerprint density at radius 2 is 2.21 bits per heavy atom. The molecule has 5 nitrogen and oxygen atoms in total. The van der Waals surface area contributed by atoms with Gasteiger partial charge in [-0.05, 0) is 54.3 Å². The standard InChI is InChI=1S/C13H16FN5/c1-2-13(6-3-7-13)19-12(16-17-18-19)10-5-4-9(14)8-11(10)15/h4-5,8H,2-3,6-7,15H2,1H3. The monoisotopic (exact) mass is 261 g/mol. The van der Waals surface area contributed by atoms with E-state index in [4.69, 9.17) is 5.73 Å². The summed E-state index contributed by atoms with van der Waals surface area (Å²) >= 11 is 0. The number of hydrogen-bond donors (Lipinski definition) is 1. The van der Waals surface area contributed by atoms with E-state index in [0.717, 1.165) is 19.3 Å². The van der Waals surface area contributed by atoms with Crippen molar-refractivity contribution in [2.45, 2.75) is 38.1 Å². The van der Waals surface area contributed by atoms with E-state index >= 15 is 0 Å². The maximum atomic E-state index is 13.1. The van der Waals surface area contributed by atoms with Crippen LogP contribution in [0, 0.1) is 5.82 Å². The van der Waals surface area contributed by atoms with Crippen LogP contribution in [0.15, 0.2) is 18.2 Å². The summed E-state index contributed by atoms with van der Waals surface area (Å²) in [6.07, 6.45) is 4.31. The topological polar surface area (TPSA) is 69.6 Å². The molecule has 1 aromatic heterocycles. The molecule has 1 aromatic carbocycles. The first kappa shape index (κ1) is 12.1. The average molecular weight is 261 g/mol. The zero-order valence-corrected chi connectivity index (χ0v) is 10.8. The van der Waals surface area contributed by atoms with E-state index in [2.05, 4.69) is 22.4 Å². The van der Waals surface area contributed by atoms with Gasteiger partial charge in [0, 0.05) is 11.3 Å². The van der Waals surface area contributed by atoms with Crippen LogP contribution >= 0.6 is 0 Å². The number of tetrazole rings is 1. The second-order valence-corrected chi connectivity index (χ2v) is 5.08. The minimum Gasteiger partial charge on any atom is -0.398 e. The molecule has 0 amide bonds. The van der Waals surface area contributed by atoms with Crippen LogP contribution in [-0.4, -0.2) is 20.2 Å². The molecule has 1 aliphatic carbocycles. The number of nitrogens with zero attached hydrogens (tertiary/aromatic N) is 4. The Hall–Kier alpha value is -1.98. The van der Waals surface area contributed by atoms with Crippen molar-refractivity contribution in [3.05, 3.63) is 24.0 Å². The third kappa shape index (κ3) is 1.78. The quantitative estimate of drug-likeness (QED) is 0.861. The molecule has 0 unspecified atom stereocenters. The molecule has 0 aliphatic heterocycles. The van der Waals surface area contributed by atoms with Gasteiger partial charge in [0.05, 0.1) is 5.54 Å². The number of halogens is 1. The molecule has 0 bridgehead atoms. The molecule has 2 N–H and O–H groups in total. The molecule has 19 heavy (non-hydrogen) atoms. The van der Waals surface area contributed by atoms with Crippen LogP contribution < -0.4 is 5.73 Å². The van der Waals surface area contributed by atoms with Gasteiger partial charge in [-0.2, -0.15) is 0 Å². The highest BCUT2D eigenvalue weighted by atomic mass is 19.1. The number of rotatable bonds is 3. The van der Waals surface area contributed by atoms with Crippen molar-refractivity contribution in [2.75, 3.05) is 5.73 Å². The largest absolute Gasteiger partial charge is 0.398 e. The van der Waals surface area contributed by atoms with Gasteiger partial charge in [0.2, 0.25) is 0 Å². The smallest absolute Gasteiger partial charge is 0.184 e. The second-order valence-electron chi connectivity index (χ2n) is 5.08. The van der Waals surface area contributed by atoms with Gasteiger partial charge in [-0.1, -0.05) is 6.92 Å². The fourth-order valence-electron chi connectivity index (χ4n) is 2.71. The number of benzene rings is 1. The van der Waals surface area contributed by atoms with Gasteiger partial charge >= 0.3 is 0 Å². The summed E-state index contributed by atoms with van der Waals surface area (Å²) < 4.78 is 15.0. The fourth-order valence-corrected chi connectivity index (χ4v) is 2.71. The normalized spacial score (nSPS) is 17.2. The van der Waals surface area contributed by atoms with Crippen molar-refractivity contribution in [1.82, 2.24) is 20.2 Å². The molecule has 1 fully saturated rings. The summed E-state index contributed by atoms with van der Waals surface area (Å²) in [6.45, 7) is 2.14. The summed E-state index contributed by atoms with van der Waals surface area (Å²) in [7, 11) is 0. The Morgan fingerprint density at radius 3 is 2.79 bits per heavy atom. The van der Waals surface area contributed by atoms with Crippen LogP contribution in [0.2, 0.25) is 0 Å². The summed E-state index contributed by atoms with van der Waals surface area (Å²) in [5.41, 5.74) is 6.93. The lowest BCUT2D eigenvalue weighted by Gasteiger charge is -2.41. The molecule has 1 heterocycles. The summed E-state index contributed by atoms with van der Waals surface area (Å²) in [6, 6.07) is 4.31. The average Bonchev–Trinajstić information content (AvgIpc) is 2.78. The lowest BCUT2D eigenvalue weighted by molar-refractivity contribution is 0.118. The van der Waals surface area contributed by atoms with Gasteiger partial charge in [-0.25, -0.2) is 9.07 Å². The first-order chi connectivity index (χ1) is 9.16. The molecule has 1 saturated carbocycles. The zero-order chi connectivity index (χ0) is 13.5. The third-order valence-electron chi connectivity index (χ3n) is 4.12. The van der Waals surface area contributed by atoms with Crippen molar-refractivity contribution in [3.63, 3.8) is 0 Å². The predicted molar refractivity (Wildman–Crippen MR) is 69.7 cm³/mol. The highest BCUT2D eigenvalue weighted by Crippen LogP contribution is 2.43. The second kappa shape index (κ2) is 4.29. The highest BCUT2D eigenvalue weighted by Gasteiger charge is 2.40. The van der Waals surface area contributed by atoms with E-state index in [9.17, 15) is 4.39 Å². The molecule has 2 aromatic rings. The predicted octanol–water partition coefficient (Wildman–Crippen LogP) is 2.35. The van der Waals surface area contributed by atoms with Crippen molar-refractivity contribution in [1.29, 1.82) is 0 Å². The number of nitrogen functional groups attached to an aromatic ring is 1. The number of hydrogen-bond acceptors (Lipinski definition) is 4. The van der Waals surface area contributed by atoms with Crippen LogP contribution in [0.3, 0.4) is 0 Å². The molecule has 100 valence electrons. The maximum Gasteiger partial charge on any atom is 0.184 e. The molecule has 0 saturated heterocycles. The van der Waals surface area contributed by atoms with Crippen LogP contribution in [-0.2, 0) is 5.54 Å². The van der Waals surface area contributed by atoms with Crippen molar-refractivity contribution < 1.29 is 4.39 Å². The Labute approximate surface area is 110 Å². The van der Waals surface area contributed by atoms with Gasteiger partial charge < -0.3 is 5.73 Å². The SMILES string of the molecule is CCC1(n2nnnc2-c2ccc(F)cc2N)CCC1. The maximum absolute atomic E-state index is 13.1. The number of aromatic nitrogens is 4. The minimum atomic E-state index is -0.353. The fraction of sp³-hybridized carbons (Fsp3) is 0.462. The molecule has 0 atom stereocenters. The highest BCUT2D eigenvalue weighted by molar-refractivity contribution is 5.71. The van der Waals surface area contributed by atoms with Crippen molar-refractivity contribution in [3.8, 4) is 11.4 Å². The van der Waals surface area contributed by atoms with Gasteiger partial charge in [0.1, 0.15) is 5.82 Å². The van der Waals surface area contributed by atoms with E-state index < -0.39 is 0 Å². The molecular weight excluding hydrogens is 245 g/mol. The molecule has 3 rings (SSSR count). The van der Waals surface area contributed by atoms with Gasteiger partial charge in [0.15, 0.2) is 5.82 Å². The Morgan fingerprint density at radius 1 is 1.42 bits per heavy atom. The van der Waals surface area contributed by atoms with Crippen LogP contribution in [0.1, 0.15) is 32.6 Å². The number of nitrogens with two attached hydrogens (primary N) is 1. The van der Waals surface area contributed by atoms with E-state index in [1.807, 2.05) is 4.68 Å². The third-order valence-corrected chi connectivity index (χ3v) is 4.12. The Bertz CT molecular complexity index is 597. The molecule has 0 spiro atoms. The van der Waals surface area contributed by atoms with Gasteiger partial charge in [0.25, 0.3) is 0 Å². The van der Waals surface area contributed by atoms with Crippen molar-refractivity contribution in [2.24, 2.45) is 0 Å². The summed E-state index contributed by atoms with van der Waals surface area (Å²) in [5, 5.41) is 12.0. The lowest BCUT2D eigenvalue weighted by atomic mass is 9.75. The molecular formula is C13H16FN5. The summed E-state index contributed by atoms with van der Waals surface area (Å²) in [4.78, 5) is 0. The Balaban J connectivity index is 2.09. The minimum absolute atomic E-state index is 0.000338. The van der Waals surface area contributed by atoms with E-state index in [1.54, 1.807) is 6.07 Å². The van der Waals surface area contributed by atoms with E-state index in [1.165, 1.54) is 18.6 Å². The van der Waals surface area contributed by atoms with Crippen LogP contribution in [0.25, 0.3) is 11.4 Å². The van der Waals surface area contributed by atoms with Gasteiger partial charge in [-0.15, -0.1) is 5.10 Å². The molecule has 6 heteroatoms. The first-order valence-corrected chi connectivity index (χ1v) is 6.50. The summed E-state index contributed by atoms with van der Waals surface area (Å²) in [5.74, 6) is 0.271. The van der Waals surface area contributed by atoms with E-state index in [0.29, 0.717) is 17.1 Å². The first-order valence-electron chi connectivity index (χ1n) is 6.50. The lowest BCUT2D eigenvalue weighted by Crippen LogP contribution is -2.41. The molecule has 1 aliphatic rings. The van der Waals surface area contributed by atoms with E-state index in [-0.39, 0.29) is 11.4 Å². The van der Waals surface area contributed by atoms with Crippen molar-refractivity contribution >= 4 is 5.69 Å². The van der Waals surface area contributed by atoms with Gasteiger partial charge in [-0.3, -0.25) is 0 Å². The number of anilines is 1. The zero-order valence-electron chi connectivity index (χ0n) is 10.8. The Kier molecular flexibility index (Phi) is 2.73. The van der Waals surface area contributed by atoms with Crippen LogP contribution in [0.5, 0.6) is 0 Å². The van der Waals surface area contributed by atoms with Crippen LogP contribution in [0.4, 0.5) is 10.1 Å².